The molecule has 0 heterocycles. The lowest BCUT2D eigenvalue weighted by Gasteiger charge is -2.21. The molecule has 2 atom stereocenters. The molecule has 27 heavy (non-hydrogen) atoms. The molecule has 0 bridgehead atoms. The molecule has 0 aromatic heterocycles. The van der Waals surface area contributed by atoms with Gasteiger partial charge >= 0.3 is 5.97 Å². The highest BCUT2D eigenvalue weighted by Crippen LogP contribution is 2.10. The van der Waals surface area contributed by atoms with Gasteiger partial charge in [-0.25, -0.2) is 4.79 Å². The van der Waals surface area contributed by atoms with E-state index in [1.54, 1.807) is 0 Å². The molecule has 144 valence electrons. The van der Waals surface area contributed by atoms with E-state index in [1.165, 1.54) is 0 Å². The molecule has 2 aromatic rings. The van der Waals surface area contributed by atoms with E-state index in [0.717, 1.165) is 11.1 Å². The van der Waals surface area contributed by atoms with Crippen molar-refractivity contribution in [1.29, 1.82) is 0 Å². The Bertz CT molecular complexity index is 716. The smallest absolute Gasteiger partial charge is 0.328 e. The Morgan fingerprint density at radius 3 is 2.07 bits per heavy atom. The van der Waals surface area contributed by atoms with Gasteiger partial charge in [-0.3, -0.25) is 4.79 Å². The van der Waals surface area contributed by atoms with E-state index in [0.29, 0.717) is 6.42 Å². The summed E-state index contributed by atoms with van der Waals surface area (Å²) >= 11 is 0. The largest absolute Gasteiger partial charge is 0.459 e. The van der Waals surface area contributed by atoms with E-state index in [1.807, 2.05) is 74.5 Å². The molecule has 5 nitrogen and oxygen atoms in total. The molecule has 2 aromatic carbocycles. The number of rotatable bonds is 9. The second kappa shape index (κ2) is 10.5. The SMILES string of the molecule is CC(C)C[C@H](NC(=O)[C@@H](O)Cc1ccccc1)C(=O)OCc1ccccc1. The van der Waals surface area contributed by atoms with Crippen LogP contribution in [-0.2, 0) is 27.4 Å². The molecule has 1 amide bonds. The molecule has 0 fully saturated rings. The number of amides is 1. The number of carbonyl (C=O) groups is 2. The summed E-state index contributed by atoms with van der Waals surface area (Å²) < 4.78 is 5.35. The minimum Gasteiger partial charge on any atom is -0.459 e. The van der Waals surface area contributed by atoms with Crippen molar-refractivity contribution in [1.82, 2.24) is 5.32 Å². The van der Waals surface area contributed by atoms with Gasteiger partial charge in [-0.1, -0.05) is 74.5 Å². The first-order chi connectivity index (χ1) is 13.0. The van der Waals surface area contributed by atoms with Crippen molar-refractivity contribution >= 4 is 11.9 Å². The highest BCUT2D eigenvalue weighted by Gasteiger charge is 2.26. The number of carbonyl (C=O) groups excluding carboxylic acids is 2. The van der Waals surface area contributed by atoms with Crippen molar-refractivity contribution in [3.05, 3.63) is 71.8 Å². The fourth-order valence-corrected chi connectivity index (χ4v) is 2.71. The first-order valence-electron chi connectivity index (χ1n) is 9.18. The van der Waals surface area contributed by atoms with E-state index in [9.17, 15) is 14.7 Å². The van der Waals surface area contributed by atoms with Crippen LogP contribution in [-0.4, -0.2) is 29.1 Å². The van der Waals surface area contributed by atoms with Gasteiger partial charge in [0.05, 0.1) is 0 Å². The monoisotopic (exact) mass is 369 g/mol. The number of esters is 1. The normalized spacial score (nSPS) is 13.0. The summed E-state index contributed by atoms with van der Waals surface area (Å²) in [6, 6.07) is 17.8. The van der Waals surface area contributed by atoms with Crippen molar-refractivity contribution in [3.8, 4) is 0 Å². The molecule has 0 aliphatic carbocycles. The Morgan fingerprint density at radius 1 is 0.963 bits per heavy atom. The number of hydrogen-bond acceptors (Lipinski definition) is 4. The first kappa shape index (κ1) is 20.6. The maximum atomic E-state index is 12.4. The molecule has 2 rings (SSSR count). The van der Waals surface area contributed by atoms with Crippen LogP contribution in [0.3, 0.4) is 0 Å². The molecule has 0 aliphatic rings. The molecule has 0 saturated carbocycles. The zero-order valence-corrected chi connectivity index (χ0v) is 15.8. The van der Waals surface area contributed by atoms with Gasteiger partial charge in [-0.15, -0.1) is 0 Å². The third kappa shape index (κ3) is 7.23. The number of aliphatic hydroxyl groups is 1. The van der Waals surface area contributed by atoms with Crippen molar-refractivity contribution in [2.75, 3.05) is 0 Å². The topological polar surface area (TPSA) is 75.6 Å². The van der Waals surface area contributed by atoms with Crippen molar-refractivity contribution in [2.24, 2.45) is 5.92 Å². The molecule has 0 unspecified atom stereocenters. The van der Waals surface area contributed by atoms with Gasteiger partial charge in [-0.05, 0) is 23.5 Å². The van der Waals surface area contributed by atoms with Gasteiger partial charge in [0, 0.05) is 6.42 Å². The lowest BCUT2D eigenvalue weighted by molar-refractivity contribution is -0.150. The highest BCUT2D eigenvalue weighted by atomic mass is 16.5. The summed E-state index contributed by atoms with van der Waals surface area (Å²) in [4.78, 5) is 24.8. The fourth-order valence-electron chi connectivity index (χ4n) is 2.71. The summed E-state index contributed by atoms with van der Waals surface area (Å²) in [7, 11) is 0. The van der Waals surface area contributed by atoms with Gasteiger partial charge in [0.1, 0.15) is 18.8 Å². The summed E-state index contributed by atoms with van der Waals surface area (Å²) in [6.07, 6.45) is -0.582. The third-order valence-corrected chi connectivity index (χ3v) is 4.11. The van der Waals surface area contributed by atoms with E-state index >= 15 is 0 Å². The Kier molecular flexibility index (Phi) is 8.01. The van der Waals surface area contributed by atoms with E-state index in [4.69, 9.17) is 4.74 Å². The van der Waals surface area contributed by atoms with Crippen LogP contribution < -0.4 is 5.32 Å². The van der Waals surface area contributed by atoms with Gasteiger partial charge in [0.15, 0.2) is 0 Å². The average Bonchev–Trinajstić information content (AvgIpc) is 2.66. The van der Waals surface area contributed by atoms with Gasteiger partial charge < -0.3 is 15.2 Å². The number of nitrogens with one attached hydrogen (secondary N) is 1. The highest BCUT2D eigenvalue weighted by molar-refractivity contribution is 5.87. The minimum absolute atomic E-state index is 0.150. The molecule has 5 heteroatoms. The van der Waals surface area contributed by atoms with Crippen LogP contribution in [0.25, 0.3) is 0 Å². The Morgan fingerprint density at radius 2 is 1.52 bits per heavy atom. The fraction of sp³-hybridized carbons (Fsp3) is 0.364. The average molecular weight is 369 g/mol. The van der Waals surface area contributed by atoms with Crippen LogP contribution in [0.1, 0.15) is 31.4 Å². The number of benzene rings is 2. The van der Waals surface area contributed by atoms with Crippen molar-refractivity contribution in [3.63, 3.8) is 0 Å². The lowest BCUT2D eigenvalue weighted by atomic mass is 10.0. The van der Waals surface area contributed by atoms with Gasteiger partial charge in [0.25, 0.3) is 0 Å². The molecule has 0 radical (unpaired) electrons. The zero-order chi connectivity index (χ0) is 19.6. The van der Waals surface area contributed by atoms with E-state index < -0.39 is 24.0 Å². The second-order valence-corrected chi connectivity index (χ2v) is 6.99. The quantitative estimate of drug-likeness (QED) is 0.667. The van der Waals surface area contributed by atoms with Crippen LogP contribution in [0, 0.1) is 5.92 Å². The minimum atomic E-state index is -1.22. The predicted molar refractivity (Wildman–Crippen MR) is 104 cm³/mol. The maximum Gasteiger partial charge on any atom is 0.328 e. The number of ether oxygens (including phenoxy) is 1. The van der Waals surface area contributed by atoms with Crippen LogP contribution in [0.5, 0.6) is 0 Å². The third-order valence-electron chi connectivity index (χ3n) is 4.11. The van der Waals surface area contributed by atoms with Crippen LogP contribution in [0.2, 0.25) is 0 Å². The molecular formula is C22H27NO4. The Hall–Kier alpha value is -2.66. The van der Waals surface area contributed by atoms with Crippen LogP contribution >= 0.6 is 0 Å². The zero-order valence-electron chi connectivity index (χ0n) is 15.8. The summed E-state index contributed by atoms with van der Waals surface area (Å²) in [5.41, 5.74) is 1.73. The molecule has 0 spiro atoms. The molecule has 2 N–H and O–H groups in total. The number of hydrogen-bond donors (Lipinski definition) is 2. The predicted octanol–water partition coefficient (Wildman–Crippen LogP) is 2.86. The lowest BCUT2D eigenvalue weighted by Crippen LogP contribution is -2.47. The van der Waals surface area contributed by atoms with Crippen LogP contribution in [0.4, 0.5) is 0 Å². The Labute approximate surface area is 160 Å². The summed E-state index contributed by atoms with van der Waals surface area (Å²) in [5.74, 6) is -0.875. The summed E-state index contributed by atoms with van der Waals surface area (Å²) in [5, 5.41) is 12.8. The molecule has 0 aliphatic heterocycles. The maximum absolute atomic E-state index is 12.4. The van der Waals surface area contributed by atoms with Crippen LogP contribution in [0.15, 0.2) is 60.7 Å². The molecule has 0 saturated heterocycles. The first-order valence-corrected chi connectivity index (χ1v) is 9.18. The summed E-state index contributed by atoms with van der Waals surface area (Å²) in [6.45, 7) is 4.07. The van der Waals surface area contributed by atoms with Gasteiger partial charge in [0.2, 0.25) is 5.91 Å². The molecular weight excluding hydrogens is 342 g/mol. The van der Waals surface area contributed by atoms with E-state index in [2.05, 4.69) is 5.32 Å². The second-order valence-electron chi connectivity index (χ2n) is 6.99. The van der Waals surface area contributed by atoms with Crippen molar-refractivity contribution in [2.45, 2.75) is 45.4 Å². The Balaban J connectivity index is 1.93. The standard InChI is InChI=1S/C22H27NO4/c1-16(2)13-19(22(26)27-15-18-11-7-4-8-12-18)23-21(25)20(24)14-17-9-5-3-6-10-17/h3-12,16,19-20,24H,13-15H2,1-2H3,(H,23,25)/t19-,20-/m0/s1. The van der Waals surface area contributed by atoms with Crippen molar-refractivity contribution < 1.29 is 19.4 Å². The number of aliphatic hydroxyl groups excluding tert-OH is 1. The van der Waals surface area contributed by atoms with Gasteiger partial charge in [-0.2, -0.15) is 0 Å². The van der Waals surface area contributed by atoms with E-state index in [-0.39, 0.29) is 18.9 Å².